The molecule has 2 heterocycles. The highest BCUT2D eigenvalue weighted by Gasteiger charge is 2.33. The summed E-state index contributed by atoms with van der Waals surface area (Å²) in [5.74, 6) is -0.307. The van der Waals surface area contributed by atoms with Gasteiger partial charge in [0.25, 0.3) is 11.6 Å². The van der Waals surface area contributed by atoms with Crippen LogP contribution in [0.3, 0.4) is 0 Å². The molecule has 210 valence electrons. The number of non-ortho nitro benzene ring substituents is 1. The van der Waals surface area contributed by atoms with Gasteiger partial charge in [-0.1, -0.05) is 70.5 Å². The Morgan fingerprint density at radius 3 is 2.43 bits per heavy atom. The lowest BCUT2D eigenvalue weighted by Crippen LogP contribution is -2.28. The molecule has 0 spiro atoms. The number of amides is 1. The van der Waals surface area contributed by atoms with E-state index >= 15 is 0 Å². The molecule has 0 fully saturated rings. The predicted molar refractivity (Wildman–Crippen MR) is 166 cm³/mol. The van der Waals surface area contributed by atoms with E-state index in [0.29, 0.717) is 13.0 Å². The van der Waals surface area contributed by atoms with Crippen LogP contribution in [0.4, 0.5) is 10.1 Å². The second-order valence-electron chi connectivity index (χ2n) is 9.91. The summed E-state index contributed by atoms with van der Waals surface area (Å²) >= 11 is 4.91. The number of hydrazone groups is 1. The van der Waals surface area contributed by atoms with Crippen molar-refractivity contribution in [2.45, 2.75) is 23.9 Å². The van der Waals surface area contributed by atoms with E-state index < -0.39 is 4.92 Å². The van der Waals surface area contributed by atoms with Gasteiger partial charge >= 0.3 is 0 Å². The highest BCUT2D eigenvalue weighted by atomic mass is 79.9. The van der Waals surface area contributed by atoms with Crippen molar-refractivity contribution in [1.29, 1.82) is 0 Å². The lowest BCUT2D eigenvalue weighted by Gasteiger charge is -2.22. The van der Waals surface area contributed by atoms with E-state index in [0.717, 1.165) is 42.7 Å². The molecule has 1 unspecified atom stereocenters. The summed E-state index contributed by atoms with van der Waals surface area (Å²) in [6, 6.07) is 28.2. The van der Waals surface area contributed by atoms with E-state index in [-0.39, 0.29) is 29.2 Å². The number of rotatable bonds is 8. The fraction of sp³-hybridized carbons (Fsp3) is 0.125. The summed E-state index contributed by atoms with van der Waals surface area (Å²) in [7, 11) is 0. The van der Waals surface area contributed by atoms with E-state index in [9.17, 15) is 19.3 Å². The number of hydrogen-bond acceptors (Lipinski definition) is 5. The predicted octanol–water partition coefficient (Wildman–Crippen LogP) is 7.97. The second kappa shape index (κ2) is 11.9. The van der Waals surface area contributed by atoms with Gasteiger partial charge in [0.15, 0.2) is 0 Å². The number of carbonyl (C=O) groups is 1. The van der Waals surface area contributed by atoms with Gasteiger partial charge in [0.05, 0.1) is 22.4 Å². The maximum Gasteiger partial charge on any atom is 0.269 e. The zero-order valence-electron chi connectivity index (χ0n) is 22.2. The molecule has 1 atom stereocenters. The van der Waals surface area contributed by atoms with Crippen molar-refractivity contribution in [1.82, 2.24) is 9.58 Å². The van der Waals surface area contributed by atoms with E-state index in [4.69, 9.17) is 5.10 Å². The Kier molecular flexibility index (Phi) is 7.90. The van der Waals surface area contributed by atoms with Crippen LogP contribution in [-0.2, 0) is 11.3 Å². The quantitative estimate of drug-likeness (QED) is 0.0976. The first-order valence-corrected chi connectivity index (χ1v) is 15.0. The van der Waals surface area contributed by atoms with E-state index in [1.54, 1.807) is 24.3 Å². The van der Waals surface area contributed by atoms with Crippen LogP contribution in [0, 0.1) is 15.9 Å². The molecule has 5 aromatic rings. The smallest absolute Gasteiger partial charge is 0.269 e. The van der Waals surface area contributed by atoms with Crippen LogP contribution in [0.25, 0.3) is 10.9 Å². The molecule has 1 aliphatic rings. The highest BCUT2D eigenvalue weighted by Crippen LogP contribution is 2.36. The molecule has 0 saturated heterocycles. The highest BCUT2D eigenvalue weighted by molar-refractivity contribution is 9.10. The number of carbonyl (C=O) groups excluding carboxylic acids is 1. The third kappa shape index (κ3) is 5.86. The van der Waals surface area contributed by atoms with Crippen molar-refractivity contribution in [3.05, 3.63) is 140 Å². The molecule has 4 aromatic carbocycles. The molecule has 0 radical (unpaired) electrons. The molecular weight excluding hydrogens is 619 g/mol. The molecule has 6 rings (SSSR count). The number of thioether (sulfide) groups is 1. The van der Waals surface area contributed by atoms with Crippen molar-refractivity contribution >= 4 is 55.9 Å². The van der Waals surface area contributed by atoms with Gasteiger partial charge in [0, 0.05) is 51.6 Å². The maximum atomic E-state index is 13.7. The van der Waals surface area contributed by atoms with Crippen LogP contribution in [-0.4, -0.2) is 31.9 Å². The lowest BCUT2D eigenvalue weighted by atomic mass is 9.98. The third-order valence-corrected chi connectivity index (χ3v) is 8.76. The average molecular weight is 644 g/mol. The molecular formula is C32H24BrFN4O3S. The Morgan fingerprint density at radius 1 is 1.00 bits per heavy atom. The fourth-order valence-corrected chi connectivity index (χ4v) is 6.29. The van der Waals surface area contributed by atoms with Crippen molar-refractivity contribution in [2.75, 3.05) is 5.75 Å². The number of fused-ring (bicyclic) bond motifs is 1. The minimum absolute atomic E-state index is 0.0534. The molecule has 10 heteroatoms. The number of nitro benzene ring substituents is 1. The minimum atomic E-state index is -0.409. The Bertz CT molecular complexity index is 1810. The van der Waals surface area contributed by atoms with Crippen LogP contribution in [0.5, 0.6) is 0 Å². The molecule has 42 heavy (non-hydrogen) atoms. The van der Waals surface area contributed by atoms with Crippen LogP contribution < -0.4 is 0 Å². The second-order valence-corrected chi connectivity index (χ2v) is 11.8. The van der Waals surface area contributed by atoms with Crippen molar-refractivity contribution in [3.63, 3.8) is 0 Å². The van der Waals surface area contributed by atoms with Gasteiger partial charge in [0.2, 0.25) is 0 Å². The van der Waals surface area contributed by atoms with E-state index in [2.05, 4.69) is 20.5 Å². The van der Waals surface area contributed by atoms with Gasteiger partial charge < -0.3 is 4.57 Å². The maximum absolute atomic E-state index is 13.7. The van der Waals surface area contributed by atoms with E-state index in [1.165, 1.54) is 41.0 Å². The molecule has 1 amide bonds. The van der Waals surface area contributed by atoms with Crippen molar-refractivity contribution < 1.29 is 14.1 Å². The molecule has 0 aliphatic carbocycles. The minimum Gasteiger partial charge on any atom is -0.342 e. The SMILES string of the molecule is O=C(CSc1cn(Cc2ccc([N+](=O)[O-])cc2)c2ccccc12)N1N=C(c2ccc(Br)cc2)CC1c1ccc(F)cc1. The summed E-state index contributed by atoms with van der Waals surface area (Å²) in [5.41, 5.74) is 4.55. The summed E-state index contributed by atoms with van der Waals surface area (Å²) in [4.78, 5) is 25.3. The standard InChI is InChI=1S/C32H24BrFN4O3S/c33-24-11-7-22(8-12-24)28-17-30(23-9-13-25(34)14-10-23)37(35-28)32(39)20-42-31-19-36(29-4-2-1-3-27(29)31)18-21-5-15-26(16-6-21)38(40)41/h1-16,19,30H,17-18,20H2. The third-order valence-electron chi connectivity index (χ3n) is 7.20. The molecule has 1 aliphatic heterocycles. The number of nitro groups is 1. The van der Waals surface area contributed by atoms with Gasteiger partial charge in [-0.3, -0.25) is 14.9 Å². The summed E-state index contributed by atoms with van der Waals surface area (Å²) in [5, 5.41) is 18.3. The molecule has 7 nitrogen and oxygen atoms in total. The van der Waals surface area contributed by atoms with Gasteiger partial charge in [-0.2, -0.15) is 5.10 Å². The van der Waals surface area contributed by atoms with Gasteiger partial charge in [0.1, 0.15) is 5.82 Å². The molecule has 1 aromatic heterocycles. The summed E-state index contributed by atoms with van der Waals surface area (Å²) in [6.45, 7) is 0.534. The van der Waals surface area contributed by atoms with Crippen molar-refractivity contribution in [3.8, 4) is 0 Å². The molecule has 0 bridgehead atoms. The van der Waals surface area contributed by atoms with Gasteiger partial charge in [-0.25, -0.2) is 9.40 Å². The fourth-order valence-electron chi connectivity index (χ4n) is 5.09. The van der Waals surface area contributed by atoms with Gasteiger partial charge in [-0.15, -0.1) is 11.8 Å². The Hall–Kier alpha value is -4.28. The zero-order valence-corrected chi connectivity index (χ0v) is 24.6. The van der Waals surface area contributed by atoms with Crippen LogP contribution in [0.15, 0.2) is 118 Å². The molecule has 0 saturated carbocycles. The van der Waals surface area contributed by atoms with Crippen LogP contribution in [0.2, 0.25) is 0 Å². The average Bonchev–Trinajstić information content (AvgIpc) is 3.60. The van der Waals surface area contributed by atoms with Crippen LogP contribution in [0.1, 0.15) is 29.2 Å². The summed E-state index contributed by atoms with van der Waals surface area (Å²) < 4.78 is 16.7. The summed E-state index contributed by atoms with van der Waals surface area (Å²) in [6.07, 6.45) is 2.54. The Labute approximate surface area is 253 Å². The Balaban J connectivity index is 1.24. The monoisotopic (exact) mass is 642 g/mol. The number of benzene rings is 4. The van der Waals surface area contributed by atoms with Gasteiger partial charge in [-0.05, 0) is 47.0 Å². The first-order valence-electron chi connectivity index (χ1n) is 13.2. The zero-order chi connectivity index (χ0) is 29.2. The largest absolute Gasteiger partial charge is 0.342 e. The lowest BCUT2D eigenvalue weighted by molar-refractivity contribution is -0.384. The van der Waals surface area contributed by atoms with Crippen molar-refractivity contribution in [2.24, 2.45) is 5.10 Å². The number of halogens is 2. The number of para-hydroxylation sites is 1. The topological polar surface area (TPSA) is 80.7 Å². The normalized spacial score (nSPS) is 14.8. The first kappa shape index (κ1) is 27.9. The number of aromatic nitrogens is 1. The van der Waals surface area contributed by atoms with Crippen LogP contribution >= 0.6 is 27.7 Å². The number of nitrogens with zero attached hydrogens (tertiary/aromatic N) is 4. The Morgan fingerprint density at radius 2 is 1.71 bits per heavy atom. The molecule has 0 N–H and O–H groups in total. The van der Waals surface area contributed by atoms with E-state index in [1.807, 2.05) is 54.7 Å². The number of hydrogen-bond donors (Lipinski definition) is 0. The first-order chi connectivity index (χ1) is 20.4.